The summed E-state index contributed by atoms with van der Waals surface area (Å²) in [6, 6.07) is 8.46. The van der Waals surface area contributed by atoms with Crippen molar-refractivity contribution >= 4 is 27.7 Å². The molecule has 34 heavy (non-hydrogen) atoms. The fourth-order valence-electron chi connectivity index (χ4n) is 3.99. The van der Waals surface area contributed by atoms with E-state index in [1.54, 1.807) is 25.6 Å². The van der Waals surface area contributed by atoms with Gasteiger partial charge in [-0.3, -0.25) is 14.3 Å². The Kier molecular flexibility index (Phi) is 6.70. The number of carbonyl (C=O) groups excluding carboxylic acids is 2. The minimum Gasteiger partial charge on any atom is -0.488 e. The summed E-state index contributed by atoms with van der Waals surface area (Å²) in [5.41, 5.74) is 2.43. The standard InChI is InChI=1S/C24H23BrF2N4O3/c1-13(2)28-21(32)11-31(10-14-6-16(26)9-17(27)7-14)24(33)22-19-12-34-20-5-4-15(25)8-18(20)23(19)30(3)29-22/h4-9,13H,10-12H2,1-3H3,(H,28,32). The third-order valence-electron chi connectivity index (χ3n) is 5.28. The molecule has 178 valence electrons. The number of nitrogens with one attached hydrogen (secondary N) is 1. The molecule has 1 aliphatic rings. The first-order valence-electron chi connectivity index (χ1n) is 10.6. The molecule has 10 heteroatoms. The van der Waals surface area contributed by atoms with Crippen molar-refractivity contribution in [2.24, 2.45) is 7.05 Å². The van der Waals surface area contributed by atoms with Crippen LogP contribution in [0.2, 0.25) is 0 Å². The number of nitrogens with zero attached hydrogens (tertiary/aromatic N) is 3. The smallest absolute Gasteiger partial charge is 0.275 e. The van der Waals surface area contributed by atoms with Gasteiger partial charge in [-0.25, -0.2) is 8.78 Å². The Hall–Kier alpha value is -3.27. The average molecular weight is 533 g/mol. The first kappa shape index (κ1) is 23.9. The zero-order valence-corrected chi connectivity index (χ0v) is 20.4. The SMILES string of the molecule is CC(C)NC(=O)CN(Cc1cc(F)cc(F)c1)C(=O)c1nn(C)c2c1COc1ccc(Br)cc1-2. The van der Waals surface area contributed by atoms with Crippen LogP contribution in [0.25, 0.3) is 11.3 Å². The molecule has 0 atom stereocenters. The monoisotopic (exact) mass is 532 g/mol. The van der Waals surface area contributed by atoms with Crippen LogP contribution in [0.5, 0.6) is 5.75 Å². The molecular weight excluding hydrogens is 510 g/mol. The Labute approximate surface area is 203 Å². The Morgan fingerprint density at radius 3 is 2.59 bits per heavy atom. The van der Waals surface area contributed by atoms with Gasteiger partial charge in [0.15, 0.2) is 5.69 Å². The van der Waals surface area contributed by atoms with E-state index in [4.69, 9.17) is 4.74 Å². The van der Waals surface area contributed by atoms with Crippen molar-refractivity contribution in [3.63, 3.8) is 0 Å². The van der Waals surface area contributed by atoms with Crippen molar-refractivity contribution in [3.05, 3.63) is 69.3 Å². The molecule has 4 rings (SSSR count). The second kappa shape index (κ2) is 9.54. The van der Waals surface area contributed by atoms with E-state index in [1.807, 2.05) is 18.2 Å². The molecule has 0 unspecified atom stereocenters. The highest BCUT2D eigenvalue weighted by Crippen LogP contribution is 2.40. The van der Waals surface area contributed by atoms with E-state index in [1.165, 1.54) is 4.90 Å². The largest absolute Gasteiger partial charge is 0.488 e. The molecular formula is C24H23BrF2N4O3. The van der Waals surface area contributed by atoms with E-state index in [0.29, 0.717) is 11.3 Å². The lowest BCUT2D eigenvalue weighted by molar-refractivity contribution is -0.122. The van der Waals surface area contributed by atoms with Gasteiger partial charge >= 0.3 is 0 Å². The molecule has 0 aliphatic carbocycles. The number of aromatic nitrogens is 2. The number of hydrogen-bond donors (Lipinski definition) is 1. The Morgan fingerprint density at radius 1 is 1.21 bits per heavy atom. The first-order valence-corrected chi connectivity index (χ1v) is 11.4. The Morgan fingerprint density at radius 2 is 1.91 bits per heavy atom. The minimum atomic E-state index is -0.764. The quantitative estimate of drug-likeness (QED) is 0.516. The molecule has 2 heterocycles. The zero-order valence-electron chi connectivity index (χ0n) is 18.9. The second-order valence-electron chi connectivity index (χ2n) is 8.39. The van der Waals surface area contributed by atoms with Gasteiger partial charge < -0.3 is 15.0 Å². The maximum atomic E-state index is 13.8. The molecule has 0 saturated carbocycles. The van der Waals surface area contributed by atoms with Gasteiger partial charge in [0, 0.05) is 41.3 Å². The summed E-state index contributed by atoms with van der Waals surface area (Å²) in [5.74, 6) is -1.79. The summed E-state index contributed by atoms with van der Waals surface area (Å²) in [6.45, 7) is 3.25. The maximum Gasteiger partial charge on any atom is 0.275 e. The van der Waals surface area contributed by atoms with Crippen LogP contribution in [0.3, 0.4) is 0 Å². The molecule has 1 N–H and O–H groups in total. The maximum absolute atomic E-state index is 13.8. The van der Waals surface area contributed by atoms with E-state index < -0.39 is 23.4 Å². The topological polar surface area (TPSA) is 76.5 Å². The van der Waals surface area contributed by atoms with Crippen molar-refractivity contribution in [3.8, 4) is 17.0 Å². The third kappa shape index (κ3) is 4.96. The summed E-state index contributed by atoms with van der Waals surface area (Å²) in [5, 5.41) is 7.18. The summed E-state index contributed by atoms with van der Waals surface area (Å²) in [7, 11) is 1.73. The second-order valence-corrected chi connectivity index (χ2v) is 9.31. The van der Waals surface area contributed by atoms with Crippen LogP contribution in [-0.4, -0.2) is 39.1 Å². The molecule has 2 amide bonds. The fraction of sp³-hybridized carbons (Fsp3) is 0.292. The first-order chi connectivity index (χ1) is 16.1. The number of halogens is 3. The number of fused-ring (bicyclic) bond motifs is 3. The highest BCUT2D eigenvalue weighted by molar-refractivity contribution is 9.10. The van der Waals surface area contributed by atoms with Gasteiger partial charge in [-0.05, 0) is 49.7 Å². The summed E-state index contributed by atoms with van der Waals surface area (Å²) in [6.07, 6.45) is 0. The van der Waals surface area contributed by atoms with Crippen molar-refractivity contribution in [2.45, 2.75) is 33.0 Å². The highest BCUT2D eigenvalue weighted by atomic mass is 79.9. The number of benzene rings is 2. The molecule has 7 nitrogen and oxygen atoms in total. The number of hydrogen-bond acceptors (Lipinski definition) is 4. The Balaban J connectivity index is 1.72. The number of ether oxygens (including phenoxy) is 1. The van der Waals surface area contributed by atoms with Gasteiger partial charge in [-0.2, -0.15) is 5.10 Å². The van der Waals surface area contributed by atoms with Gasteiger partial charge in [0.25, 0.3) is 5.91 Å². The van der Waals surface area contributed by atoms with Crippen molar-refractivity contribution in [1.29, 1.82) is 0 Å². The van der Waals surface area contributed by atoms with Gasteiger partial charge in [-0.15, -0.1) is 0 Å². The molecule has 0 spiro atoms. The molecule has 1 aliphatic heterocycles. The van der Waals surface area contributed by atoms with Crippen LogP contribution in [0.1, 0.15) is 35.5 Å². The summed E-state index contributed by atoms with van der Waals surface area (Å²) < 4.78 is 35.9. The van der Waals surface area contributed by atoms with Crippen LogP contribution >= 0.6 is 15.9 Å². The Bertz CT molecular complexity index is 1260. The van der Waals surface area contributed by atoms with Crippen LogP contribution in [0, 0.1) is 11.6 Å². The number of aryl methyl sites for hydroxylation is 1. The summed E-state index contributed by atoms with van der Waals surface area (Å²) >= 11 is 3.46. The van der Waals surface area contributed by atoms with Crippen LogP contribution in [-0.2, 0) is 25.0 Å². The van der Waals surface area contributed by atoms with Gasteiger partial charge in [0.2, 0.25) is 5.91 Å². The van der Waals surface area contributed by atoms with E-state index in [0.717, 1.165) is 33.9 Å². The molecule has 0 saturated heterocycles. The lowest BCUT2D eigenvalue weighted by Gasteiger charge is -2.24. The third-order valence-corrected chi connectivity index (χ3v) is 5.78. The minimum absolute atomic E-state index is 0.123. The normalized spacial score (nSPS) is 12.1. The predicted molar refractivity (Wildman–Crippen MR) is 125 cm³/mol. The number of rotatable bonds is 6. The lowest BCUT2D eigenvalue weighted by Crippen LogP contribution is -2.42. The van der Waals surface area contributed by atoms with Gasteiger partial charge in [-0.1, -0.05) is 15.9 Å². The molecule has 0 bridgehead atoms. The van der Waals surface area contributed by atoms with Crippen LogP contribution in [0.4, 0.5) is 8.78 Å². The van der Waals surface area contributed by atoms with E-state index in [-0.39, 0.29) is 37.0 Å². The zero-order chi connectivity index (χ0) is 24.6. The average Bonchev–Trinajstić information content (AvgIpc) is 3.08. The highest BCUT2D eigenvalue weighted by Gasteiger charge is 2.31. The number of carbonyl (C=O) groups is 2. The molecule has 3 aromatic rings. The molecule has 0 fully saturated rings. The van der Waals surface area contributed by atoms with Crippen molar-refractivity contribution in [2.75, 3.05) is 6.54 Å². The van der Waals surface area contributed by atoms with Crippen molar-refractivity contribution < 1.29 is 23.1 Å². The molecule has 1 aromatic heterocycles. The number of amides is 2. The van der Waals surface area contributed by atoms with Crippen LogP contribution < -0.4 is 10.1 Å². The van der Waals surface area contributed by atoms with Gasteiger partial charge in [0.05, 0.1) is 5.69 Å². The summed E-state index contributed by atoms with van der Waals surface area (Å²) in [4.78, 5) is 27.4. The fourth-order valence-corrected chi connectivity index (χ4v) is 4.35. The van der Waals surface area contributed by atoms with Crippen molar-refractivity contribution in [1.82, 2.24) is 20.0 Å². The lowest BCUT2D eigenvalue weighted by atomic mass is 10.0. The van der Waals surface area contributed by atoms with Crippen LogP contribution in [0.15, 0.2) is 40.9 Å². The van der Waals surface area contributed by atoms with E-state index in [2.05, 4.69) is 26.3 Å². The van der Waals surface area contributed by atoms with E-state index in [9.17, 15) is 18.4 Å². The molecule has 2 aromatic carbocycles. The predicted octanol–water partition coefficient (Wildman–Crippen LogP) is 4.19. The van der Waals surface area contributed by atoms with E-state index >= 15 is 0 Å². The van der Waals surface area contributed by atoms with Gasteiger partial charge in [0.1, 0.15) is 30.5 Å². The molecule has 0 radical (unpaired) electrons.